The van der Waals surface area contributed by atoms with Crippen LogP contribution in [0.1, 0.15) is 52.5 Å². The first-order valence-corrected chi connectivity index (χ1v) is 7.25. The first-order valence-electron chi connectivity index (χ1n) is 6.87. The van der Waals surface area contributed by atoms with Gasteiger partial charge in [0.05, 0.1) is 0 Å². The minimum atomic E-state index is 0.424. The maximum absolute atomic E-state index is 5.99. The largest absolute Gasteiger partial charge is 0.0843 e. The molecule has 0 heterocycles. The Bertz CT molecular complexity index is 449. The molecule has 0 aliphatic heterocycles. The lowest BCUT2D eigenvalue weighted by Gasteiger charge is -2.35. The van der Waals surface area contributed by atoms with Crippen LogP contribution in [-0.4, -0.2) is 0 Å². The van der Waals surface area contributed by atoms with Crippen LogP contribution >= 0.6 is 11.6 Å². The van der Waals surface area contributed by atoms with Gasteiger partial charge in [-0.15, -0.1) is 0 Å². The Morgan fingerprint density at radius 3 is 2.28 bits per heavy atom. The quantitative estimate of drug-likeness (QED) is 0.617. The lowest BCUT2D eigenvalue weighted by atomic mass is 9.70. The molecule has 18 heavy (non-hydrogen) atoms. The predicted octanol–water partition coefficient (Wildman–Crippen LogP) is 5.96. The topological polar surface area (TPSA) is 0 Å². The zero-order valence-corrected chi connectivity index (χ0v) is 12.6. The van der Waals surface area contributed by atoms with Crippen molar-refractivity contribution in [2.24, 2.45) is 11.3 Å². The molecule has 0 aromatic heterocycles. The fraction of sp³-hybridized carbons (Fsp3) is 0.529. The summed E-state index contributed by atoms with van der Waals surface area (Å²) < 4.78 is 0. The normalized spacial score (nSPS) is 19.4. The van der Waals surface area contributed by atoms with E-state index in [0.29, 0.717) is 11.3 Å². The number of benzene rings is 1. The molecule has 0 amide bonds. The standard InChI is InChI=1S/C17H23Cl/c1-12(2)15-9-10-17(3,4)11-16(15)13-5-7-14(18)8-6-13/h5-8,12H,9-11H2,1-4H3. The van der Waals surface area contributed by atoms with E-state index in [1.165, 1.54) is 24.8 Å². The van der Waals surface area contributed by atoms with Crippen molar-refractivity contribution in [3.63, 3.8) is 0 Å². The lowest BCUT2D eigenvalue weighted by Crippen LogP contribution is -2.19. The van der Waals surface area contributed by atoms with Crippen molar-refractivity contribution in [3.8, 4) is 0 Å². The van der Waals surface area contributed by atoms with Crippen molar-refractivity contribution in [3.05, 3.63) is 40.4 Å². The third kappa shape index (κ3) is 2.98. The molecule has 0 nitrogen and oxygen atoms in total. The number of hydrogen-bond acceptors (Lipinski definition) is 0. The third-order valence-corrected chi connectivity index (χ3v) is 4.26. The molecular formula is C17H23Cl. The number of hydrogen-bond donors (Lipinski definition) is 0. The summed E-state index contributed by atoms with van der Waals surface area (Å²) in [6, 6.07) is 8.34. The summed E-state index contributed by atoms with van der Waals surface area (Å²) in [7, 11) is 0. The molecule has 0 spiro atoms. The van der Waals surface area contributed by atoms with Crippen molar-refractivity contribution in [1.82, 2.24) is 0 Å². The summed E-state index contributed by atoms with van der Waals surface area (Å²) in [4.78, 5) is 0. The van der Waals surface area contributed by atoms with E-state index in [-0.39, 0.29) is 0 Å². The lowest BCUT2D eigenvalue weighted by molar-refractivity contribution is 0.325. The molecule has 1 aromatic rings. The highest BCUT2D eigenvalue weighted by Crippen LogP contribution is 2.45. The second kappa shape index (κ2) is 5.09. The average molecular weight is 263 g/mol. The van der Waals surface area contributed by atoms with Crippen LogP contribution in [0, 0.1) is 11.3 Å². The van der Waals surface area contributed by atoms with Gasteiger partial charge in [-0.25, -0.2) is 0 Å². The second-order valence-corrected chi connectivity index (χ2v) is 6.94. The molecule has 1 aliphatic rings. The number of rotatable bonds is 2. The average Bonchev–Trinajstić information content (AvgIpc) is 2.28. The van der Waals surface area contributed by atoms with Crippen molar-refractivity contribution in [1.29, 1.82) is 0 Å². The van der Waals surface area contributed by atoms with Crippen molar-refractivity contribution < 1.29 is 0 Å². The van der Waals surface area contributed by atoms with E-state index < -0.39 is 0 Å². The highest BCUT2D eigenvalue weighted by Gasteiger charge is 2.28. The second-order valence-electron chi connectivity index (χ2n) is 6.51. The number of halogens is 1. The smallest absolute Gasteiger partial charge is 0.0406 e. The van der Waals surface area contributed by atoms with Gasteiger partial charge >= 0.3 is 0 Å². The summed E-state index contributed by atoms with van der Waals surface area (Å²) in [6.45, 7) is 9.37. The van der Waals surface area contributed by atoms with E-state index in [4.69, 9.17) is 11.6 Å². The Labute approximate surface area is 116 Å². The van der Waals surface area contributed by atoms with E-state index in [9.17, 15) is 0 Å². The zero-order valence-electron chi connectivity index (χ0n) is 11.9. The van der Waals surface area contributed by atoms with Crippen LogP contribution in [-0.2, 0) is 0 Å². The van der Waals surface area contributed by atoms with Crippen LogP contribution in [0.25, 0.3) is 5.57 Å². The SMILES string of the molecule is CC(C)C1=C(c2ccc(Cl)cc2)CC(C)(C)CC1. The maximum atomic E-state index is 5.99. The van der Waals surface area contributed by atoms with E-state index in [2.05, 4.69) is 39.8 Å². The molecule has 98 valence electrons. The molecule has 0 N–H and O–H groups in total. The van der Waals surface area contributed by atoms with Gasteiger partial charge < -0.3 is 0 Å². The van der Waals surface area contributed by atoms with Gasteiger partial charge in [0.2, 0.25) is 0 Å². The van der Waals surface area contributed by atoms with Crippen LogP contribution in [0.15, 0.2) is 29.8 Å². The van der Waals surface area contributed by atoms with Gasteiger partial charge in [-0.3, -0.25) is 0 Å². The Kier molecular flexibility index (Phi) is 3.87. The Morgan fingerprint density at radius 1 is 1.11 bits per heavy atom. The summed E-state index contributed by atoms with van der Waals surface area (Å²) in [5, 5.41) is 0.820. The molecule has 0 saturated heterocycles. The van der Waals surface area contributed by atoms with Crippen molar-refractivity contribution >= 4 is 17.2 Å². The molecule has 0 radical (unpaired) electrons. The van der Waals surface area contributed by atoms with Gasteiger partial charge in [0.15, 0.2) is 0 Å². The Morgan fingerprint density at radius 2 is 1.72 bits per heavy atom. The minimum absolute atomic E-state index is 0.424. The first-order chi connectivity index (χ1) is 8.39. The molecule has 0 atom stereocenters. The van der Waals surface area contributed by atoms with Gasteiger partial charge in [-0.05, 0) is 53.9 Å². The molecule has 1 aromatic carbocycles. The predicted molar refractivity (Wildman–Crippen MR) is 80.8 cm³/mol. The van der Waals surface area contributed by atoms with Crippen molar-refractivity contribution in [2.45, 2.75) is 47.0 Å². The fourth-order valence-electron chi connectivity index (χ4n) is 2.88. The molecular weight excluding hydrogens is 240 g/mol. The molecule has 2 rings (SSSR count). The molecule has 0 bridgehead atoms. The summed E-state index contributed by atoms with van der Waals surface area (Å²) in [6.07, 6.45) is 3.72. The van der Waals surface area contributed by atoms with Crippen LogP contribution in [0.2, 0.25) is 5.02 Å². The summed E-state index contributed by atoms with van der Waals surface area (Å²) in [5.74, 6) is 0.645. The monoisotopic (exact) mass is 262 g/mol. The molecule has 1 aliphatic carbocycles. The van der Waals surface area contributed by atoms with E-state index >= 15 is 0 Å². The first kappa shape index (κ1) is 13.7. The molecule has 0 fully saturated rings. The third-order valence-electron chi connectivity index (χ3n) is 4.00. The summed E-state index contributed by atoms with van der Waals surface area (Å²) in [5.41, 5.74) is 4.97. The van der Waals surface area contributed by atoms with Gasteiger partial charge in [0.25, 0.3) is 0 Å². The maximum Gasteiger partial charge on any atom is 0.0406 e. The van der Waals surface area contributed by atoms with Crippen LogP contribution in [0.4, 0.5) is 0 Å². The van der Waals surface area contributed by atoms with E-state index in [1.54, 1.807) is 11.1 Å². The summed E-state index contributed by atoms with van der Waals surface area (Å²) >= 11 is 5.99. The fourth-order valence-corrected chi connectivity index (χ4v) is 3.01. The van der Waals surface area contributed by atoms with Crippen molar-refractivity contribution in [2.75, 3.05) is 0 Å². The van der Waals surface area contributed by atoms with Crippen LogP contribution < -0.4 is 0 Å². The highest BCUT2D eigenvalue weighted by molar-refractivity contribution is 6.30. The van der Waals surface area contributed by atoms with Crippen LogP contribution in [0.5, 0.6) is 0 Å². The van der Waals surface area contributed by atoms with E-state index in [1.807, 2.05) is 12.1 Å². The Balaban J connectivity index is 2.44. The van der Waals surface area contributed by atoms with Gasteiger partial charge in [0.1, 0.15) is 0 Å². The number of allylic oxidation sites excluding steroid dienone is 2. The minimum Gasteiger partial charge on any atom is -0.0843 e. The van der Waals surface area contributed by atoms with E-state index in [0.717, 1.165) is 5.02 Å². The zero-order chi connectivity index (χ0) is 13.3. The van der Waals surface area contributed by atoms with Gasteiger partial charge in [-0.1, -0.05) is 57.0 Å². The molecule has 0 unspecified atom stereocenters. The molecule has 1 heteroatoms. The molecule has 0 saturated carbocycles. The highest BCUT2D eigenvalue weighted by atomic mass is 35.5. The van der Waals surface area contributed by atoms with Crippen LogP contribution in [0.3, 0.4) is 0 Å². The van der Waals surface area contributed by atoms with Gasteiger partial charge in [-0.2, -0.15) is 0 Å². The van der Waals surface area contributed by atoms with Gasteiger partial charge in [0, 0.05) is 5.02 Å². The Hall–Kier alpha value is -0.750.